The molecule has 0 aliphatic carbocycles. The summed E-state index contributed by atoms with van der Waals surface area (Å²) in [6, 6.07) is 10.8. The number of benzene rings is 2. The van der Waals surface area contributed by atoms with Gasteiger partial charge in [0, 0.05) is 49.8 Å². The highest BCUT2D eigenvalue weighted by molar-refractivity contribution is 7.89. The number of fused-ring (bicyclic) bond motifs is 1. The van der Waals surface area contributed by atoms with Gasteiger partial charge in [-0.1, -0.05) is 18.2 Å². The molecule has 166 valence electrons. The van der Waals surface area contributed by atoms with Gasteiger partial charge in [0.2, 0.25) is 10.0 Å². The number of nitrogens with zero attached hydrogens (tertiary/aromatic N) is 4. The van der Waals surface area contributed by atoms with Gasteiger partial charge in [-0.25, -0.2) is 8.42 Å². The summed E-state index contributed by atoms with van der Waals surface area (Å²) < 4.78 is 26.9. The normalized spacial score (nSPS) is 15.1. The predicted octanol–water partition coefficient (Wildman–Crippen LogP) is 2.13. The zero-order valence-corrected chi connectivity index (χ0v) is 17.3. The summed E-state index contributed by atoms with van der Waals surface area (Å²) >= 11 is 0. The van der Waals surface area contributed by atoms with Gasteiger partial charge >= 0.3 is 0 Å². The molecule has 0 unspecified atom stereocenters. The van der Waals surface area contributed by atoms with Crippen molar-refractivity contribution in [1.82, 2.24) is 14.2 Å². The van der Waals surface area contributed by atoms with Crippen molar-refractivity contribution in [3.63, 3.8) is 0 Å². The maximum atomic E-state index is 12.9. The predicted molar refractivity (Wildman–Crippen MR) is 113 cm³/mol. The van der Waals surface area contributed by atoms with E-state index in [1.165, 1.54) is 45.6 Å². The van der Waals surface area contributed by atoms with E-state index >= 15 is 0 Å². The molecule has 0 bridgehead atoms. The summed E-state index contributed by atoms with van der Waals surface area (Å²) in [5.41, 5.74) is -0.0563. The fourth-order valence-corrected chi connectivity index (χ4v) is 5.08. The van der Waals surface area contributed by atoms with Crippen LogP contribution in [0, 0.1) is 20.2 Å². The molecule has 1 aromatic heterocycles. The number of carbonyl (C=O) groups excluding carboxylic acids is 1. The Balaban J connectivity index is 1.50. The quantitative estimate of drug-likeness (QED) is 0.452. The molecule has 0 atom stereocenters. The molecule has 1 aliphatic rings. The number of amides is 1. The van der Waals surface area contributed by atoms with Crippen LogP contribution in [0.1, 0.15) is 10.5 Å². The molecule has 4 rings (SSSR count). The second-order valence-electron chi connectivity index (χ2n) is 7.13. The van der Waals surface area contributed by atoms with Crippen LogP contribution < -0.4 is 0 Å². The van der Waals surface area contributed by atoms with Gasteiger partial charge in [0.15, 0.2) is 0 Å². The van der Waals surface area contributed by atoms with E-state index in [1.54, 1.807) is 6.07 Å². The number of hydrogen-bond donors (Lipinski definition) is 1. The lowest BCUT2D eigenvalue weighted by Gasteiger charge is -2.33. The van der Waals surface area contributed by atoms with Gasteiger partial charge in [-0.2, -0.15) is 4.31 Å². The van der Waals surface area contributed by atoms with E-state index in [4.69, 9.17) is 0 Å². The molecule has 0 spiro atoms. The second-order valence-corrected chi connectivity index (χ2v) is 9.07. The lowest BCUT2D eigenvalue weighted by Crippen LogP contribution is -2.50. The number of piperazine rings is 1. The molecular weight excluding hydrogens is 442 g/mol. The molecule has 1 N–H and O–H groups in total. The Labute approximate surface area is 181 Å². The van der Waals surface area contributed by atoms with Gasteiger partial charge in [0.25, 0.3) is 17.3 Å². The summed E-state index contributed by atoms with van der Waals surface area (Å²) in [5, 5.41) is 22.7. The highest BCUT2D eigenvalue weighted by atomic mass is 32.2. The number of nitro groups is 2. The third-order valence-corrected chi connectivity index (χ3v) is 7.15. The molecule has 3 aromatic rings. The van der Waals surface area contributed by atoms with E-state index < -0.39 is 25.8 Å². The number of para-hydroxylation sites is 1. The smallest absolute Gasteiger partial charge is 0.293 e. The van der Waals surface area contributed by atoms with Crippen LogP contribution in [0.5, 0.6) is 0 Å². The van der Waals surface area contributed by atoms with Crippen LogP contribution >= 0.6 is 0 Å². The van der Waals surface area contributed by atoms with Crippen LogP contribution in [-0.2, 0) is 10.0 Å². The maximum Gasteiger partial charge on any atom is 0.293 e. The van der Waals surface area contributed by atoms with Crippen LogP contribution in [-0.4, -0.2) is 64.5 Å². The van der Waals surface area contributed by atoms with Crippen molar-refractivity contribution in [3.05, 3.63) is 74.5 Å². The van der Waals surface area contributed by atoms with Gasteiger partial charge in [-0.3, -0.25) is 25.0 Å². The number of non-ortho nitro benzene ring substituents is 2. The SMILES string of the molecule is O=C(c1cc2cccc([N+](=O)[O-])c2[nH]1)N1CCN(S(=O)(=O)c2cccc([N+](=O)[O-])c2)CC1. The number of sulfonamides is 1. The minimum Gasteiger partial charge on any atom is -0.345 e. The summed E-state index contributed by atoms with van der Waals surface area (Å²) in [6.45, 7) is 0.225. The average molecular weight is 459 g/mol. The first-order valence-electron chi connectivity index (χ1n) is 9.48. The van der Waals surface area contributed by atoms with Crippen LogP contribution in [0.2, 0.25) is 0 Å². The van der Waals surface area contributed by atoms with Crippen molar-refractivity contribution < 1.29 is 23.1 Å². The first kappa shape index (κ1) is 21.4. The topological polar surface area (TPSA) is 160 Å². The molecule has 1 saturated heterocycles. The lowest BCUT2D eigenvalue weighted by molar-refractivity contribution is -0.385. The van der Waals surface area contributed by atoms with E-state index in [0.717, 1.165) is 6.07 Å². The van der Waals surface area contributed by atoms with Crippen molar-refractivity contribution in [1.29, 1.82) is 0 Å². The molecule has 1 amide bonds. The molecule has 32 heavy (non-hydrogen) atoms. The lowest BCUT2D eigenvalue weighted by atomic mass is 10.2. The van der Waals surface area contributed by atoms with Crippen LogP contribution in [0.15, 0.2) is 53.4 Å². The van der Waals surface area contributed by atoms with Crippen molar-refractivity contribution in [2.24, 2.45) is 0 Å². The molecule has 2 heterocycles. The number of aromatic amines is 1. The number of hydrogen-bond acceptors (Lipinski definition) is 7. The third-order valence-electron chi connectivity index (χ3n) is 5.25. The summed E-state index contributed by atoms with van der Waals surface area (Å²) in [7, 11) is -3.96. The zero-order valence-electron chi connectivity index (χ0n) is 16.5. The van der Waals surface area contributed by atoms with Gasteiger partial charge in [-0.05, 0) is 12.1 Å². The van der Waals surface area contributed by atoms with E-state index in [-0.39, 0.29) is 53.7 Å². The molecule has 1 fully saturated rings. The monoisotopic (exact) mass is 459 g/mol. The average Bonchev–Trinajstić information content (AvgIpc) is 3.23. The zero-order chi connectivity index (χ0) is 23.0. The number of aromatic nitrogens is 1. The Morgan fingerprint density at radius 1 is 0.938 bits per heavy atom. The molecule has 0 saturated carbocycles. The Morgan fingerprint density at radius 2 is 1.62 bits per heavy atom. The van der Waals surface area contributed by atoms with Crippen molar-refractivity contribution in [3.8, 4) is 0 Å². The second kappa shape index (κ2) is 8.01. The summed E-state index contributed by atoms with van der Waals surface area (Å²) in [5.74, 6) is -0.400. The fraction of sp³-hybridized carbons (Fsp3) is 0.211. The number of rotatable bonds is 5. The largest absolute Gasteiger partial charge is 0.345 e. The highest BCUT2D eigenvalue weighted by Crippen LogP contribution is 2.27. The minimum absolute atomic E-state index is 0.0111. The van der Waals surface area contributed by atoms with Crippen LogP contribution in [0.25, 0.3) is 10.9 Å². The number of H-pyrrole nitrogens is 1. The Morgan fingerprint density at radius 3 is 2.28 bits per heavy atom. The molecule has 13 heteroatoms. The number of nitro benzene ring substituents is 2. The van der Waals surface area contributed by atoms with Gasteiger partial charge in [0.1, 0.15) is 11.2 Å². The van der Waals surface area contributed by atoms with Crippen LogP contribution in [0.4, 0.5) is 11.4 Å². The standard InChI is InChI=1S/C19H17N5O7S/c25-19(16-11-13-3-1-6-17(24(28)29)18(13)20-16)21-7-9-22(10-8-21)32(30,31)15-5-2-4-14(12-15)23(26)27/h1-6,11-12,20H,7-10H2. The Hall–Kier alpha value is -3.84. The maximum absolute atomic E-state index is 12.9. The third kappa shape index (κ3) is 3.78. The van der Waals surface area contributed by atoms with Gasteiger partial charge < -0.3 is 9.88 Å². The number of nitrogens with one attached hydrogen (secondary N) is 1. The van der Waals surface area contributed by atoms with Crippen molar-refractivity contribution in [2.75, 3.05) is 26.2 Å². The summed E-state index contributed by atoms with van der Waals surface area (Å²) in [4.78, 5) is 37.9. The minimum atomic E-state index is -3.96. The molecule has 1 aliphatic heterocycles. The van der Waals surface area contributed by atoms with Crippen molar-refractivity contribution >= 4 is 38.2 Å². The molecule has 12 nitrogen and oxygen atoms in total. The first-order valence-corrected chi connectivity index (χ1v) is 10.9. The van der Waals surface area contributed by atoms with E-state index in [1.807, 2.05) is 0 Å². The van der Waals surface area contributed by atoms with Crippen LogP contribution in [0.3, 0.4) is 0 Å². The van der Waals surface area contributed by atoms with E-state index in [2.05, 4.69) is 4.98 Å². The summed E-state index contributed by atoms with van der Waals surface area (Å²) in [6.07, 6.45) is 0. The van der Waals surface area contributed by atoms with E-state index in [0.29, 0.717) is 5.39 Å². The number of carbonyl (C=O) groups is 1. The Bertz CT molecular complexity index is 1340. The van der Waals surface area contributed by atoms with E-state index in [9.17, 15) is 33.4 Å². The highest BCUT2D eigenvalue weighted by Gasteiger charge is 2.32. The Kier molecular flexibility index (Phi) is 5.36. The fourth-order valence-electron chi connectivity index (χ4n) is 3.62. The van der Waals surface area contributed by atoms with Gasteiger partial charge in [0.05, 0.1) is 14.7 Å². The van der Waals surface area contributed by atoms with Crippen molar-refractivity contribution in [2.45, 2.75) is 4.90 Å². The van der Waals surface area contributed by atoms with Gasteiger partial charge in [-0.15, -0.1) is 0 Å². The molecular formula is C19H17N5O7S. The molecule has 0 radical (unpaired) electrons. The first-order chi connectivity index (χ1) is 15.2. The molecule has 2 aromatic carbocycles.